The minimum atomic E-state index is -0.473. The van der Waals surface area contributed by atoms with E-state index >= 15 is 0 Å². The maximum absolute atomic E-state index is 12.8. The highest BCUT2D eigenvalue weighted by Crippen LogP contribution is 2.36. The molecule has 31 heavy (non-hydrogen) atoms. The number of carbonyl (C=O) groups excluding carboxylic acids is 1. The Balaban J connectivity index is 2.45. The number of halogens is 1. The van der Waals surface area contributed by atoms with Gasteiger partial charge in [-0.3, -0.25) is 0 Å². The number of nitrogens with zero attached hydrogens (tertiary/aromatic N) is 2. The number of benzene rings is 1. The maximum Gasteiger partial charge on any atom is 0.345 e. The fourth-order valence-corrected chi connectivity index (χ4v) is 3.82. The molecule has 0 spiro atoms. The summed E-state index contributed by atoms with van der Waals surface area (Å²) in [4.78, 5) is 19.5. The number of methoxy groups -OCH3 is 1. The molecule has 0 aliphatic heterocycles. The zero-order valence-corrected chi connectivity index (χ0v) is 20.2. The van der Waals surface area contributed by atoms with Crippen molar-refractivity contribution in [1.29, 1.82) is 0 Å². The smallest absolute Gasteiger partial charge is 0.345 e. The molecule has 0 saturated carbocycles. The first-order valence-corrected chi connectivity index (χ1v) is 11.2. The molecule has 0 aliphatic carbocycles. The van der Waals surface area contributed by atoms with Crippen LogP contribution >= 0.6 is 11.6 Å². The number of likely N-dealkylation sites (N-methyl/N-ethyl adjacent to an activating group) is 1. The number of hydrogen-bond acceptors (Lipinski definition) is 6. The van der Waals surface area contributed by atoms with Crippen LogP contribution in [-0.2, 0) is 4.74 Å². The van der Waals surface area contributed by atoms with Gasteiger partial charge in [0.15, 0.2) is 0 Å². The lowest BCUT2D eigenvalue weighted by Gasteiger charge is -2.26. The highest BCUT2D eigenvalue weighted by Gasteiger charge is 2.25. The molecule has 0 aliphatic rings. The number of aryl methyl sites for hydroxylation is 3. The number of rotatable bonds is 11. The third-order valence-corrected chi connectivity index (χ3v) is 5.31. The van der Waals surface area contributed by atoms with Crippen LogP contribution in [0.15, 0.2) is 18.2 Å². The number of anilines is 1. The molecule has 2 aromatic rings. The van der Waals surface area contributed by atoms with Gasteiger partial charge in [0.05, 0.1) is 12.8 Å². The van der Waals surface area contributed by atoms with E-state index < -0.39 is 5.97 Å². The summed E-state index contributed by atoms with van der Waals surface area (Å²) in [5.41, 5.74) is 3.60. The van der Waals surface area contributed by atoms with Crippen molar-refractivity contribution in [2.75, 3.05) is 38.2 Å². The van der Waals surface area contributed by atoms with Gasteiger partial charge in [0.1, 0.15) is 11.3 Å². The summed E-state index contributed by atoms with van der Waals surface area (Å²) >= 11 is 6.16. The second kappa shape index (κ2) is 11.9. The van der Waals surface area contributed by atoms with Gasteiger partial charge in [0, 0.05) is 30.4 Å². The summed E-state index contributed by atoms with van der Waals surface area (Å²) in [6.07, 6.45) is 2.30. The average Bonchev–Trinajstić information content (AvgIpc) is 2.72. The molecule has 0 amide bonds. The lowest BCUT2D eigenvalue weighted by atomic mass is 10.1. The molecule has 0 fully saturated rings. The van der Waals surface area contributed by atoms with E-state index in [4.69, 9.17) is 21.1 Å². The van der Waals surface area contributed by atoms with Gasteiger partial charge in [-0.1, -0.05) is 24.9 Å². The van der Waals surface area contributed by atoms with E-state index in [1.807, 2.05) is 39.0 Å². The molecule has 1 heterocycles. The molecule has 2 rings (SSSR count). The Hall–Kier alpha value is -2.31. The molecule has 0 atom stereocenters. The number of carbonyl (C=O) groups is 1. The van der Waals surface area contributed by atoms with Crippen molar-refractivity contribution >= 4 is 23.3 Å². The van der Waals surface area contributed by atoms with Crippen LogP contribution in [0.4, 0.5) is 5.69 Å². The monoisotopic (exact) mass is 447 g/mol. The molecule has 1 aromatic heterocycles. The van der Waals surface area contributed by atoms with Crippen LogP contribution in [0, 0.1) is 20.8 Å². The van der Waals surface area contributed by atoms with E-state index in [1.54, 1.807) is 0 Å². The quantitative estimate of drug-likeness (QED) is 0.364. The maximum atomic E-state index is 12.8. The fourth-order valence-electron chi connectivity index (χ4n) is 3.49. The van der Waals surface area contributed by atoms with Gasteiger partial charge >= 0.3 is 5.97 Å². The summed E-state index contributed by atoms with van der Waals surface area (Å²) in [6, 6.07) is 5.58. The molecular weight excluding hydrogens is 414 g/mol. The largest absolute Gasteiger partial charge is 0.465 e. The number of ether oxygens (including phenoxy) is 2. The Morgan fingerprint density at radius 3 is 2.39 bits per heavy atom. The standard InChI is InChI=1S/C24H34ClN3O3/c1-7-9-10-26-11-12-28(8-2)20-15-18(5)27-23(21(20)24(29)30-6)31-22-16(3)13-19(25)14-17(22)4/h13-15,26H,7-12H2,1-6H3. The summed E-state index contributed by atoms with van der Waals surface area (Å²) in [5.74, 6) is 0.412. The Bertz CT molecular complexity index is 879. The zero-order chi connectivity index (χ0) is 23.0. The summed E-state index contributed by atoms with van der Waals surface area (Å²) < 4.78 is 11.3. The SMILES string of the molecule is CCCCNCCN(CC)c1cc(C)nc(Oc2c(C)cc(Cl)cc2C)c1C(=O)OC. The van der Waals surface area contributed by atoms with Gasteiger partial charge < -0.3 is 19.7 Å². The highest BCUT2D eigenvalue weighted by atomic mass is 35.5. The Labute approximate surface area is 190 Å². The van der Waals surface area contributed by atoms with E-state index in [2.05, 4.69) is 29.0 Å². The molecule has 0 unspecified atom stereocenters. The molecular formula is C24H34ClN3O3. The van der Waals surface area contributed by atoms with Crippen molar-refractivity contribution in [2.24, 2.45) is 0 Å². The topological polar surface area (TPSA) is 63.7 Å². The summed E-state index contributed by atoms with van der Waals surface area (Å²) in [7, 11) is 1.37. The third kappa shape index (κ3) is 6.58. The predicted octanol–water partition coefficient (Wildman–Crippen LogP) is 5.46. The summed E-state index contributed by atoms with van der Waals surface area (Å²) in [5, 5.41) is 4.10. The van der Waals surface area contributed by atoms with Crippen LogP contribution in [-0.4, -0.2) is 44.2 Å². The normalized spacial score (nSPS) is 10.8. The number of esters is 1. The van der Waals surface area contributed by atoms with E-state index in [0.29, 0.717) is 16.3 Å². The molecule has 1 aromatic carbocycles. The second-order valence-corrected chi connectivity index (χ2v) is 8.04. The van der Waals surface area contributed by atoms with Gasteiger partial charge in [-0.15, -0.1) is 0 Å². The van der Waals surface area contributed by atoms with Crippen LogP contribution in [0.3, 0.4) is 0 Å². The van der Waals surface area contributed by atoms with Gasteiger partial charge in [-0.25, -0.2) is 9.78 Å². The lowest BCUT2D eigenvalue weighted by Crippen LogP contribution is -2.33. The molecule has 0 saturated heterocycles. The third-order valence-electron chi connectivity index (χ3n) is 5.09. The molecule has 6 nitrogen and oxygen atoms in total. The average molecular weight is 448 g/mol. The highest BCUT2D eigenvalue weighted by molar-refractivity contribution is 6.30. The zero-order valence-electron chi connectivity index (χ0n) is 19.5. The minimum Gasteiger partial charge on any atom is -0.465 e. The minimum absolute atomic E-state index is 0.243. The van der Waals surface area contributed by atoms with E-state index in [1.165, 1.54) is 7.11 Å². The van der Waals surface area contributed by atoms with Crippen molar-refractivity contribution in [3.05, 3.63) is 45.6 Å². The Morgan fingerprint density at radius 1 is 1.13 bits per heavy atom. The van der Waals surface area contributed by atoms with Crippen molar-refractivity contribution in [2.45, 2.75) is 47.5 Å². The van der Waals surface area contributed by atoms with Crippen LogP contribution in [0.25, 0.3) is 0 Å². The van der Waals surface area contributed by atoms with E-state index in [-0.39, 0.29) is 5.88 Å². The summed E-state index contributed by atoms with van der Waals surface area (Å²) in [6.45, 7) is 13.3. The van der Waals surface area contributed by atoms with Crippen LogP contribution < -0.4 is 15.0 Å². The van der Waals surface area contributed by atoms with Gasteiger partial charge in [-0.05, 0) is 70.0 Å². The van der Waals surface area contributed by atoms with Gasteiger partial charge in [0.25, 0.3) is 0 Å². The number of unbranched alkanes of at least 4 members (excludes halogenated alkanes) is 1. The first kappa shape index (κ1) is 25.0. The van der Waals surface area contributed by atoms with E-state index in [9.17, 15) is 4.79 Å². The number of pyridine rings is 1. The van der Waals surface area contributed by atoms with Crippen molar-refractivity contribution < 1.29 is 14.3 Å². The number of hydrogen-bond donors (Lipinski definition) is 1. The Morgan fingerprint density at radius 2 is 1.81 bits per heavy atom. The van der Waals surface area contributed by atoms with Crippen molar-refractivity contribution in [3.8, 4) is 11.6 Å². The van der Waals surface area contributed by atoms with Crippen LogP contribution in [0.1, 0.15) is 53.9 Å². The molecule has 0 radical (unpaired) electrons. The number of nitrogens with one attached hydrogen (secondary N) is 1. The fraction of sp³-hybridized carbons (Fsp3) is 0.500. The van der Waals surface area contributed by atoms with Crippen molar-refractivity contribution in [1.82, 2.24) is 10.3 Å². The lowest BCUT2D eigenvalue weighted by molar-refractivity contribution is 0.0597. The van der Waals surface area contributed by atoms with Crippen LogP contribution in [0.2, 0.25) is 5.02 Å². The number of aromatic nitrogens is 1. The Kier molecular flexibility index (Phi) is 9.59. The molecule has 0 bridgehead atoms. The predicted molar refractivity (Wildman–Crippen MR) is 127 cm³/mol. The van der Waals surface area contributed by atoms with E-state index in [0.717, 1.165) is 61.5 Å². The van der Waals surface area contributed by atoms with Crippen molar-refractivity contribution in [3.63, 3.8) is 0 Å². The first-order chi connectivity index (χ1) is 14.8. The molecule has 1 N–H and O–H groups in total. The van der Waals surface area contributed by atoms with Crippen LogP contribution in [0.5, 0.6) is 11.6 Å². The first-order valence-electron chi connectivity index (χ1n) is 10.8. The molecule has 7 heteroatoms. The second-order valence-electron chi connectivity index (χ2n) is 7.61. The van der Waals surface area contributed by atoms with Gasteiger partial charge in [-0.2, -0.15) is 0 Å². The molecule has 170 valence electrons. The van der Waals surface area contributed by atoms with Gasteiger partial charge in [0.2, 0.25) is 5.88 Å².